The number of Topliss-reactive ketones (excluding diaryl/α,β-unsaturated/α-hetero) is 1. The average Bonchev–Trinajstić information content (AvgIpc) is 3.39. The molecule has 0 radical (unpaired) electrons. The second-order valence-corrected chi connectivity index (χ2v) is 9.17. The topological polar surface area (TPSA) is 110 Å². The van der Waals surface area contributed by atoms with Crippen molar-refractivity contribution in [1.29, 1.82) is 0 Å². The molecular weight excluding hydrogens is 476 g/mol. The quantitative estimate of drug-likeness (QED) is 0.269. The minimum atomic E-state index is -0.924. The molecule has 2 aromatic heterocycles. The Hall–Kier alpha value is -3.89. The van der Waals surface area contributed by atoms with Crippen molar-refractivity contribution in [1.82, 2.24) is 14.3 Å². The summed E-state index contributed by atoms with van der Waals surface area (Å²) in [5.41, 5.74) is 1.75. The maximum absolute atomic E-state index is 14.1. The normalized spacial score (nSPS) is 20.1. The lowest BCUT2D eigenvalue weighted by atomic mass is 9.95. The van der Waals surface area contributed by atoms with Crippen molar-refractivity contribution in [3.63, 3.8) is 0 Å². The third-order valence-corrected chi connectivity index (χ3v) is 7.09. The molecule has 5 rings (SSSR count). The molecule has 194 valence electrons. The first-order valence-electron chi connectivity index (χ1n) is 12.3. The van der Waals surface area contributed by atoms with Crippen LogP contribution in [0.25, 0.3) is 11.4 Å². The standard InChI is InChI=1S/C27H30N4O6/c1-17-23(30-9-5-4-6-21(30)28-17)25(32)22-24(19-16-18(35-2)7-8-20(19)36-3)31(27(34)26(22)33)11-10-29-12-14-37-15-13-29/h4-9,16,24,32H,10-15H2,1-3H3. The fourth-order valence-corrected chi connectivity index (χ4v) is 5.18. The van der Waals surface area contributed by atoms with Gasteiger partial charge in [-0.05, 0) is 37.3 Å². The lowest BCUT2D eigenvalue weighted by Crippen LogP contribution is -3.14. The van der Waals surface area contributed by atoms with Crippen LogP contribution in [0.1, 0.15) is 23.0 Å². The minimum Gasteiger partial charge on any atom is -0.871 e. The molecule has 2 saturated heterocycles. The highest BCUT2D eigenvalue weighted by Gasteiger charge is 2.46. The van der Waals surface area contributed by atoms with Crippen LogP contribution in [-0.4, -0.2) is 79.6 Å². The molecule has 2 aliphatic heterocycles. The Balaban J connectivity index is 1.67. The van der Waals surface area contributed by atoms with Crippen molar-refractivity contribution in [3.8, 4) is 11.5 Å². The van der Waals surface area contributed by atoms with Crippen LogP contribution in [0.3, 0.4) is 0 Å². The van der Waals surface area contributed by atoms with Gasteiger partial charge in [0.25, 0.3) is 5.91 Å². The Morgan fingerprint density at radius 1 is 1.16 bits per heavy atom. The Bertz CT molecular complexity index is 1370. The first-order chi connectivity index (χ1) is 17.9. The summed E-state index contributed by atoms with van der Waals surface area (Å²) in [6.07, 6.45) is 1.73. The van der Waals surface area contributed by atoms with E-state index in [9.17, 15) is 14.7 Å². The number of nitrogens with zero attached hydrogens (tertiary/aromatic N) is 3. The van der Waals surface area contributed by atoms with Crippen molar-refractivity contribution in [2.75, 3.05) is 53.6 Å². The molecule has 1 amide bonds. The van der Waals surface area contributed by atoms with Gasteiger partial charge in [-0.2, -0.15) is 0 Å². The van der Waals surface area contributed by atoms with Gasteiger partial charge in [-0.25, -0.2) is 4.98 Å². The van der Waals surface area contributed by atoms with Crippen LogP contribution in [0.2, 0.25) is 0 Å². The molecule has 1 N–H and O–H groups in total. The number of carbonyl (C=O) groups is 2. The van der Waals surface area contributed by atoms with Gasteiger partial charge >= 0.3 is 0 Å². The molecule has 4 heterocycles. The van der Waals surface area contributed by atoms with Crippen molar-refractivity contribution < 1.29 is 33.8 Å². The zero-order valence-electron chi connectivity index (χ0n) is 21.2. The highest BCUT2D eigenvalue weighted by molar-refractivity contribution is 6.46. The van der Waals surface area contributed by atoms with E-state index in [1.807, 2.05) is 6.07 Å². The number of nitrogens with one attached hydrogen (secondary N) is 1. The Morgan fingerprint density at radius 3 is 2.68 bits per heavy atom. The first kappa shape index (κ1) is 24.8. The van der Waals surface area contributed by atoms with E-state index in [2.05, 4.69) is 4.98 Å². The first-order valence-corrected chi connectivity index (χ1v) is 12.3. The lowest BCUT2D eigenvalue weighted by molar-refractivity contribution is -0.907. The summed E-state index contributed by atoms with van der Waals surface area (Å²) in [4.78, 5) is 34.2. The molecule has 10 nitrogen and oxygen atoms in total. The van der Waals surface area contributed by atoms with Gasteiger partial charge in [-0.3, -0.25) is 9.59 Å². The summed E-state index contributed by atoms with van der Waals surface area (Å²) in [5.74, 6) is -1.04. The van der Waals surface area contributed by atoms with E-state index >= 15 is 0 Å². The van der Waals surface area contributed by atoms with Crippen LogP contribution in [0, 0.1) is 6.92 Å². The summed E-state index contributed by atoms with van der Waals surface area (Å²) < 4.78 is 18.2. The minimum absolute atomic E-state index is 0.109. The third kappa shape index (κ3) is 4.42. The van der Waals surface area contributed by atoms with Crippen LogP contribution in [-0.2, 0) is 14.3 Å². The highest BCUT2D eigenvalue weighted by atomic mass is 16.5. The predicted octanol–water partition coefficient (Wildman–Crippen LogP) is -0.201. The van der Waals surface area contributed by atoms with Gasteiger partial charge in [0.2, 0.25) is 5.78 Å². The van der Waals surface area contributed by atoms with Gasteiger partial charge in [0.05, 0.1) is 58.0 Å². The number of quaternary nitrogens is 1. The number of pyridine rings is 1. The van der Waals surface area contributed by atoms with E-state index in [-0.39, 0.29) is 11.3 Å². The number of methoxy groups -OCH3 is 2. The monoisotopic (exact) mass is 506 g/mol. The van der Waals surface area contributed by atoms with Crippen LogP contribution < -0.4 is 19.5 Å². The Labute approximate surface area is 214 Å². The molecule has 2 aliphatic rings. The van der Waals surface area contributed by atoms with E-state index < -0.39 is 23.5 Å². The summed E-state index contributed by atoms with van der Waals surface area (Å²) in [6, 6.07) is 9.65. The number of ether oxygens (including phenoxy) is 3. The van der Waals surface area contributed by atoms with E-state index in [4.69, 9.17) is 14.2 Å². The molecule has 1 atom stereocenters. The molecule has 37 heavy (non-hydrogen) atoms. The maximum atomic E-state index is 14.1. The van der Waals surface area contributed by atoms with Gasteiger partial charge in [-0.15, -0.1) is 0 Å². The zero-order chi connectivity index (χ0) is 26.1. The number of aromatic nitrogens is 2. The second kappa shape index (κ2) is 10.2. The molecule has 3 aromatic rings. The van der Waals surface area contributed by atoms with E-state index in [1.54, 1.807) is 47.9 Å². The smallest absolute Gasteiger partial charge is 0.295 e. The molecule has 1 aromatic carbocycles. The summed E-state index contributed by atoms with van der Waals surface area (Å²) in [7, 11) is 3.05. The number of imidazole rings is 1. The largest absolute Gasteiger partial charge is 0.871 e. The maximum Gasteiger partial charge on any atom is 0.295 e. The number of aryl methyl sites for hydroxylation is 1. The number of ketones is 1. The number of amides is 1. The molecule has 0 saturated carbocycles. The zero-order valence-corrected chi connectivity index (χ0v) is 21.2. The summed E-state index contributed by atoms with van der Waals surface area (Å²) in [6.45, 7) is 5.59. The van der Waals surface area contributed by atoms with Crippen molar-refractivity contribution in [3.05, 3.63) is 65.1 Å². The predicted molar refractivity (Wildman–Crippen MR) is 132 cm³/mol. The molecule has 2 fully saturated rings. The van der Waals surface area contributed by atoms with Gasteiger partial charge < -0.3 is 33.5 Å². The van der Waals surface area contributed by atoms with Gasteiger partial charge in [0, 0.05) is 17.3 Å². The van der Waals surface area contributed by atoms with Gasteiger partial charge in [0.15, 0.2) is 0 Å². The van der Waals surface area contributed by atoms with Crippen molar-refractivity contribution >= 4 is 23.1 Å². The molecule has 0 aliphatic carbocycles. The van der Waals surface area contributed by atoms with Crippen LogP contribution in [0.5, 0.6) is 11.5 Å². The van der Waals surface area contributed by atoms with Crippen LogP contribution in [0.4, 0.5) is 0 Å². The highest BCUT2D eigenvalue weighted by Crippen LogP contribution is 2.43. The van der Waals surface area contributed by atoms with Crippen LogP contribution >= 0.6 is 0 Å². The van der Waals surface area contributed by atoms with Gasteiger partial charge in [0.1, 0.15) is 30.2 Å². The Morgan fingerprint density at radius 2 is 1.95 bits per heavy atom. The molecule has 1 unspecified atom stereocenters. The number of carbonyl (C=O) groups excluding carboxylic acids is 2. The number of likely N-dealkylation sites (tertiary alicyclic amines) is 1. The van der Waals surface area contributed by atoms with E-state index in [0.717, 1.165) is 13.1 Å². The molecular formula is C27H30N4O6. The fraction of sp³-hybridized carbons (Fsp3) is 0.370. The molecule has 10 heteroatoms. The number of morpholine rings is 1. The number of benzene rings is 1. The van der Waals surface area contributed by atoms with Gasteiger partial charge in [-0.1, -0.05) is 11.8 Å². The number of hydrogen-bond acceptors (Lipinski definition) is 7. The second-order valence-electron chi connectivity index (χ2n) is 9.17. The van der Waals surface area contributed by atoms with E-state index in [0.29, 0.717) is 54.7 Å². The van der Waals surface area contributed by atoms with Crippen molar-refractivity contribution in [2.24, 2.45) is 0 Å². The van der Waals surface area contributed by atoms with E-state index in [1.165, 1.54) is 24.0 Å². The fourth-order valence-electron chi connectivity index (χ4n) is 5.18. The lowest BCUT2D eigenvalue weighted by Gasteiger charge is -2.30. The third-order valence-electron chi connectivity index (χ3n) is 7.09. The Kier molecular flexibility index (Phi) is 6.86. The SMILES string of the molecule is COc1ccc(OC)c(C2C(=C([O-])c3c(C)nc4ccccn34)C(=O)C(=O)N2CC[NH+]2CCOCC2)c1. The van der Waals surface area contributed by atoms with Crippen molar-refractivity contribution in [2.45, 2.75) is 13.0 Å². The molecule has 0 bridgehead atoms. The molecule has 0 spiro atoms. The number of fused-ring (bicyclic) bond motifs is 1. The summed E-state index contributed by atoms with van der Waals surface area (Å²) >= 11 is 0. The average molecular weight is 507 g/mol. The number of hydrogen-bond donors (Lipinski definition) is 1. The number of rotatable bonds is 7. The van der Waals surface area contributed by atoms with Crippen LogP contribution in [0.15, 0.2) is 48.2 Å². The summed E-state index contributed by atoms with van der Waals surface area (Å²) in [5, 5.41) is 14.1.